The molecule has 3 aromatic rings. The second kappa shape index (κ2) is 7.53. The maximum atomic E-state index is 9.22. The third kappa shape index (κ3) is 4.08. The van der Waals surface area contributed by atoms with Gasteiger partial charge in [-0.2, -0.15) is 10.2 Å². The maximum absolute atomic E-state index is 9.22. The lowest BCUT2D eigenvalue weighted by Crippen LogP contribution is -2.08. The zero-order chi connectivity index (χ0) is 18.5. The van der Waals surface area contributed by atoms with Gasteiger partial charge < -0.3 is 15.5 Å². The van der Waals surface area contributed by atoms with E-state index in [0.29, 0.717) is 23.0 Å². The van der Waals surface area contributed by atoms with Crippen LogP contribution in [0, 0.1) is 18.3 Å². The number of nitrogens with one attached hydrogen (secondary N) is 2. The van der Waals surface area contributed by atoms with E-state index in [1.165, 1.54) is 0 Å². The van der Waals surface area contributed by atoms with E-state index in [4.69, 9.17) is 0 Å². The van der Waals surface area contributed by atoms with Crippen LogP contribution in [0.5, 0.6) is 0 Å². The number of hydrogen-bond donors (Lipinski definition) is 2. The lowest BCUT2D eigenvalue weighted by Gasteiger charge is -2.14. The first-order chi connectivity index (χ1) is 12.5. The number of nitrogens with zero attached hydrogens (tertiary/aromatic N) is 4. The molecule has 0 unspecified atom stereocenters. The molecule has 0 saturated heterocycles. The highest BCUT2D eigenvalue weighted by Gasteiger charge is 2.06. The van der Waals surface area contributed by atoms with Crippen LogP contribution in [0.2, 0.25) is 0 Å². The van der Waals surface area contributed by atoms with Gasteiger partial charge in [-0.25, -0.2) is 4.98 Å². The summed E-state index contributed by atoms with van der Waals surface area (Å²) in [6.45, 7) is 1.91. The van der Waals surface area contributed by atoms with Crippen molar-refractivity contribution in [3.05, 3.63) is 65.9 Å². The van der Waals surface area contributed by atoms with Crippen molar-refractivity contribution in [1.29, 1.82) is 5.26 Å². The first-order valence-electron chi connectivity index (χ1n) is 8.21. The molecule has 6 heteroatoms. The summed E-state index contributed by atoms with van der Waals surface area (Å²) in [6, 6.07) is 19.4. The molecule has 0 aliphatic heterocycles. The van der Waals surface area contributed by atoms with Crippen molar-refractivity contribution in [3.63, 3.8) is 0 Å². The van der Waals surface area contributed by atoms with Crippen molar-refractivity contribution in [2.75, 3.05) is 29.6 Å². The van der Waals surface area contributed by atoms with E-state index in [9.17, 15) is 5.26 Å². The van der Waals surface area contributed by atoms with Crippen LogP contribution in [0.15, 0.2) is 54.6 Å². The number of aryl methyl sites for hydroxylation is 1. The van der Waals surface area contributed by atoms with Gasteiger partial charge in [0.25, 0.3) is 0 Å². The lowest BCUT2D eigenvalue weighted by molar-refractivity contribution is 1.11. The van der Waals surface area contributed by atoms with E-state index in [2.05, 4.69) is 26.7 Å². The molecular weight excluding hydrogens is 324 g/mol. The summed E-state index contributed by atoms with van der Waals surface area (Å²) < 4.78 is 0. The second-order valence-corrected chi connectivity index (χ2v) is 6.07. The van der Waals surface area contributed by atoms with Crippen LogP contribution in [0.3, 0.4) is 0 Å². The van der Waals surface area contributed by atoms with E-state index in [-0.39, 0.29) is 0 Å². The number of benzene rings is 2. The molecule has 0 radical (unpaired) electrons. The molecule has 6 nitrogen and oxygen atoms in total. The number of anilines is 5. The van der Waals surface area contributed by atoms with Gasteiger partial charge >= 0.3 is 0 Å². The fourth-order valence-electron chi connectivity index (χ4n) is 2.49. The summed E-state index contributed by atoms with van der Waals surface area (Å²) in [4.78, 5) is 11.0. The lowest BCUT2D eigenvalue weighted by atomic mass is 10.2. The summed E-state index contributed by atoms with van der Waals surface area (Å²) in [5.74, 6) is 1.13. The van der Waals surface area contributed by atoms with Crippen LogP contribution in [0.1, 0.15) is 11.3 Å². The topological polar surface area (TPSA) is 76.9 Å². The van der Waals surface area contributed by atoms with Gasteiger partial charge in [-0.3, -0.25) is 0 Å². The predicted molar refractivity (Wildman–Crippen MR) is 105 cm³/mol. The molecule has 0 aliphatic carbocycles. The average molecular weight is 344 g/mol. The van der Waals surface area contributed by atoms with Crippen LogP contribution in [0.25, 0.3) is 0 Å². The standard InChI is InChI=1S/C20H20N6/c1-14-12-19(23-16-8-10-17(11-9-16)26(2)3)25-20(22-14)24-18-7-5-4-6-15(18)13-21/h4-12H,1-3H3,(H2,22,23,24,25). The van der Waals surface area contributed by atoms with Crippen molar-refractivity contribution in [1.82, 2.24) is 9.97 Å². The maximum Gasteiger partial charge on any atom is 0.229 e. The summed E-state index contributed by atoms with van der Waals surface area (Å²) in [5, 5.41) is 15.6. The Labute approximate surface area is 153 Å². The molecule has 0 bridgehead atoms. The van der Waals surface area contributed by atoms with Gasteiger partial charge in [0.05, 0.1) is 11.3 Å². The normalized spacial score (nSPS) is 10.1. The minimum absolute atomic E-state index is 0.445. The zero-order valence-electron chi connectivity index (χ0n) is 15.0. The summed E-state index contributed by atoms with van der Waals surface area (Å²) >= 11 is 0. The van der Waals surface area contributed by atoms with Crippen LogP contribution >= 0.6 is 0 Å². The van der Waals surface area contributed by atoms with E-state index in [0.717, 1.165) is 17.1 Å². The first-order valence-corrected chi connectivity index (χ1v) is 8.21. The molecule has 0 saturated carbocycles. The van der Waals surface area contributed by atoms with E-state index >= 15 is 0 Å². The van der Waals surface area contributed by atoms with Gasteiger partial charge in [0.2, 0.25) is 5.95 Å². The monoisotopic (exact) mass is 344 g/mol. The van der Waals surface area contributed by atoms with Crippen LogP contribution in [-0.4, -0.2) is 24.1 Å². The summed E-state index contributed by atoms with van der Waals surface area (Å²) in [5.41, 5.74) is 4.12. The minimum atomic E-state index is 0.445. The fourth-order valence-corrected chi connectivity index (χ4v) is 2.49. The molecule has 0 amide bonds. The van der Waals surface area contributed by atoms with Crippen molar-refractivity contribution < 1.29 is 0 Å². The van der Waals surface area contributed by atoms with Crippen LogP contribution in [-0.2, 0) is 0 Å². The third-order valence-electron chi connectivity index (χ3n) is 3.80. The molecule has 0 fully saturated rings. The van der Waals surface area contributed by atoms with Crippen molar-refractivity contribution in [2.24, 2.45) is 0 Å². The summed E-state index contributed by atoms with van der Waals surface area (Å²) in [6.07, 6.45) is 0. The van der Waals surface area contributed by atoms with Gasteiger partial charge in [-0.15, -0.1) is 0 Å². The van der Waals surface area contributed by atoms with Gasteiger partial charge in [0.15, 0.2) is 0 Å². The zero-order valence-corrected chi connectivity index (χ0v) is 15.0. The molecule has 1 aromatic heterocycles. The van der Waals surface area contributed by atoms with E-state index < -0.39 is 0 Å². The molecule has 0 aliphatic rings. The Balaban J connectivity index is 1.82. The van der Waals surface area contributed by atoms with Crippen LogP contribution in [0.4, 0.5) is 28.8 Å². The Bertz CT molecular complexity index is 941. The number of para-hydroxylation sites is 1. The van der Waals surface area contributed by atoms with Gasteiger partial charge in [0.1, 0.15) is 11.9 Å². The fraction of sp³-hybridized carbons (Fsp3) is 0.150. The Morgan fingerprint density at radius 1 is 0.962 bits per heavy atom. The summed E-state index contributed by atoms with van der Waals surface area (Å²) in [7, 11) is 4.01. The second-order valence-electron chi connectivity index (χ2n) is 6.07. The smallest absolute Gasteiger partial charge is 0.229 e. The molecule has 26 heavy (non-hydrogen) atoms. The highest BCUT2D eigenvalue weighted by molar-refractivity contribution is 5.65. The van der Waals surface area contributed by atoms with Crippen molar-refractivity contribution >= 4 is 28.8 Å². The molecule has 2 N–H and O–H groups in total. The quantitative estimate of drug-likeness (QED) is 0.722. The number of nitriles is 1. The van der Waals surface area contributed by atoms with Crippen molar-refractivity contribution in [2.45, 2.75) is 6.92 Å². The molecular formula is C20H20N6. The average Bonchev–Trinajstić information content (AvgIpc) is 2.62. The SMILES string of the molecule is Cc1cc(Nc2ccc(N(C)C)cc2)nc(Nc2ccccc2C#N)n1. The molecule has 0 atom stereocenters. The molecule has 0 spiro atoms. The Hall–Kier alpha value is -3.59. The molecule has 1 heterocycles. The molecule has 130 valence electrons. The van der Waals surface area contributed by atoms with Gasteiger partial charge in [0, 0.05) is 37.2 Å². The Morgan fingerprint density at radius 2 is 1.69 bits per heavy atom. The van der Waals surface area contributed by atoms with E-state index in [1.54, 1.807) is 6.07 Å². The predicted octanol–water partition coefficient (Wildman–Crippen LogP) is 4.21. The highest BCUT2D eigenvalue weighted by atomic mass is 15.1. The first kappa shape index (κ1) is 17.2. The Morgan fingerprint density at radius 3 is 2.38 bits per heavy atom. The minimum Gasteiger partial charge on any atom is -0.378 e. The number of aromatic nitrogens is 2. The molecule has 3 rings (SSSR count). The molecule has 2 aromatic carbocycles. The van der Waals surface area contributed by atoms with Gasteiger partial charge in [-0.1, -0.05) is 12.1 Å². The number of rotatable bonds is 5. The third-order valence-corrected chi connectivity index (χ3v) is 3.80. The van der Waals surface area contributed by atoms with Crippen LogP contribution < -0.4 is 15.5 Å². The highest BCUT2D eigenvalue weighted by Crippen LogP contribution is 2.22. The number of hydrogen-bond acceptors (Lipinski definition) is 6. The largest absolute Gasteiger partial charge is 0.378 e. The van der Waals surface area contributed by atoms with Gasteiger partial charge in [-0.05, 0) is 43.3 Å². The van der Waals surface area contributed by atoms with Crippen molar-refractivity contribution in [3.8, 4) is 6.07 Å². The Kier molecular flexibility index (Phi) is 4.99. The van der Waals surface area contributed by atoms with E-state index in [1.807, 2.05) is 74.4 Å².